The Balaban J connectivity index is 1.36. The second-order valence-electron chi connectivity index (χ2n) is 13.8. The fourth-order valence-corrected chi connectivity index (χ4v) is 9.89. The molecule has 7 rings (SSSR count). The fraction of sp³-hybridized carbons (Fsp3) is 0.486. The van der Waals surface area contributed by atoms with E-state index in [1.807, 2.05) is 12.1 Å². The molecule has 2 aliphatic heterocycles. The zero-order chi connectivity index (χ0) is 35.2. The molecule has 6 atom stereocenters. The molecule has 4 aliphatic rings. The van der Waals surface area contributed by atoms with Crippen molar-refractivity contribution in [3.63, 3.8) is 0 Å². The second-order valence-corrected chi connectivity index (χ2v) is 16.5. The molecule has 13 heteroatoms. The summed E-state index contributed by atoms with van der Waals surface area (Å²) in [5.74, 6) is -0.264. The molecule has 1 unspecified atom stereocenters. The number of methoxy groups -OCH3 is 2. The monoisotopic (exact) mass is 721 g/mol. The maximum Gasteiger partial charge on any atom is 0.286 e. The number of hydrogen-bond acceptors (Lipinski definition) is 8. The van der Waals surface area contributed by atoms with Crippen LogP contribution in [0.15, 0.2) is 58.6 Å². The van der Waals surface area contributed by atoms with E-state index in [1.54, 1.807) is 33.2 Å². The first-order valence-corrected chi connectivity index (χ1v) is 19.3. The van der Waals surface area contributed by atoms with Gasteiger partial charge in [0, 0.05) is 49.9 Å². The molecule has 0 spiro atoms. The number of carbonyl (C=O) groups is 2. The number of aromatic nitrogens is 2. The number of fused-ring (bicyclic) bond motifs is 4. The molecule has 0 saturated heterocycles. The van der Waals surface area contributed by atoms with Gasteiger partial charge in [-0.3, -0.25) is 19.0 Å². The number of allylic oxidation sites excluding steroid dienone is 1. The highest BCUT2D eigenvalue weighted by Gasteiger charge is 2.46. The van der Waals surface area contributed by atoms with Crippen LogP contribution >= 0.6 is 11.6 Å². The second kappa shape index (κ2) is 14.0. The summed E-state index contributed by atoms with van der Waals surface area (Å²) in [5.41, 5.74) is 4.57. The number of rotatable bonds is 4. The Bertz CT molecular complexity index is 1970. The van der Waals surface area contributed by atoms with E-state index in [2.05, 4.69) is 37.3 Å². The molecule has 1 fully saturated rings. The zero-order valence-electron chi connectivity index (χ0n) is 28.9. The number of nitrogens with zero attached hydrogens (tertiary/aromatic N) is 4. The van der Waals surface area contributed by atoms with Crippen LogP contribution in [0.2, 0.25) is 5.02 Å². The molecule has 2 aromatic carbocycles. The summed E-state index contributed by atoms with van der Waals surface area (Å²) in [5, 5.41) is 4.19. The molecule has 3 aromatic rings. The third-order valence-corrected chi connectivity index (χ3v) is 13.4. The topological polar surface area (TPSA) is 124 Å². The summed E-state index contributed by atoms with van der Waals surface area (Å²) in [7, 11) is 1.11. The van der Waals surface area contributed by atoms with Gasteiger partial charge >= 0.3 is 0 Å². The van der Waals surface area contributed by atoms with Crippen molar-refractivity contribution in [2.45, 2.75) is 63.3 Å². The van der Waals surface area contributed by atoms with Gasteiger partial charge in [0.25, 0.3) is 11.8 Å². The van der Waals surface area contributed by atoms with Crippen molar-refractivity contribution in [3.8, 4) is 11.6 Å². The van der Waals surface area contributed by atoms with Crippen molar-refractivity contribution < 1.29 is 28.0 Å². The van der Waals surface area contributed by atoms with Crippen molar-refractivity contribution in [2.75, 3.05) is 32.3 Å². The molecule has 266 valence electrons. The van der Waals surface area contributed by atoms with Crippen LogP contribution in [0.3, 0.4) is 0 Å². The van der Waals surface area contributed by atoms with Gasteiger partial charge < -0.3 is 19.1 Å². The number of amides is 2. The van der Waals surface area contributed by atoms with Crippen LogP contribution in [0.4, 0.5) is 5.69 Å². The normalized spacial score (nSPS) is 27.9. The lowest BCUT2D eigenvalue weighted by molar-refractivity contribution is -0.00227. The van der Waals surface area contributed by atoms with E-state index in [4.69, 9.17) is 25.8 Å². The Hall–Kier alpha value is -3.87. The van der Waals surface area contributed by atoms with E-state index >= 15 is 4.21 Å². The Kier molecular flexibility index (Phi) is 9.71. The van der Waals surface area contributed by atoms with Crippen LogP contribution in [0.5, 0.6) is 11.6 Å². The number of ether oxygens (including phenoxy) is 3. The van der Waals surface area contributed by atoms with E-state index < -0.39 is 27.0 Å². The minimum Gasteiger partial charge on any atom is -0.491 e. The summed E-state index contributed by atoms with van der Waals surface area (Å²) in [6.07, 6.45) is 8.82. The summed E-state index contributed by atoms with van der Waals surface area (Å²) >= 11 is 6.47. The first-order valence-electron chi connectivity index (χ1n) is 17.3. The van der Waals surface area contributed by atoms with Crippen LogP contribution in [0.25, 0.3) is 0 Å². The molecule has 0 radical (unpaired) electrons. The van der Waals surface area contributed by atoms with Gasteiger partial charge in [-0.05, 0) is 104 Å². The summed E-state index contributed by atoms with van der Waals surface area (Å²) in [4.78, 5) is 30.2. The Morgan fingerprint density at radius 3 is 2.68 bits per heavy atom. The van der Waals surface area contributed by atoms with Gasteiger partial charge in [-0.25, -0.2) is 4.21 Å². The Morgan fingerprint density at radius 1 is 1.12 bits per heavy atom. The van der Waals surface area contributed by atoms with Crippen LogP contribution in [0.1, 0.15) is 70.9 Å². The third kappa shape index (κ3) is 6.53. The van der Waals surface area contributed by atoms with E-state index in [0.29, 0.717) is 36.3 Å². The number of anilines is 1. The van der Waals surface area contributed by atoms with Gasteiger partial charge in [0.2, 0.25) is 5.88 Å². The largest absolute Gasteiger partial charge is 0.491 e. The highest BCUT2D eigenvalue weighted by atomic mass is 35.5. The first-order chi connectivity index (χ1) is 24.1. The van der Waals surface area contributed by atoms with Gasteiger partial charge in [-0.1, -0.05) is 23.7 Å². The van der Waals surface area contributed by atoms with Gasteiger partial charge in [-0.15, -0.1) is 9.46 Å². The SMILES string of the molecule is COc1nn(C)cc1C(=O)NS1(=O)=NC(=O)c2ccc3c(c2)N(Cc2ccc(Cl)cc2CCCCO3)C[C@@H]2CC[C@H]2[C@@H](OC)C2=CC[C@@H]2[C@H]1C. The highest BCUT2D eigenvalue weighted by molar-refractivity contribution is 7.93. The number of aryl methyl sites for hydroxylation is 2. The molecule has 1 saturated carbocycles. The maximum atomic E-state index is 15.1. The van der Waals surface area contributed by atoms with Crippen LogP contribution in [-0.2, 0) is 34.7 Å². The molecule has 2 amide bonds. The zero-order valence-corrected chi connectivity index (χ0v) is 30.5. The third-order valence-electron chi connectivity index (χ3n) is 10.9. The molecule has 2 aliphatic carbocycles. The predicted octanol–water partition coefficient (Wildman–Crippen LogP) is 6.15. The summed E-state index contributed by atoms with van der Waals surface area (Å²) < 4.78 is 41.4. The molecule has 3 heterocycles. The lowest BCUT2D eigenvalue weighted by atomic mass is 9.64. The van der Waals surface area contributed by atoms with Crippen molar-refractivity contribution >= 4 is 39.0 Å². The van der Waals surface area contributed by atoms with Gasteiger partial charge in [0.1, 0.15) is 21.2 Å². The lowest BCUT2D eigenvalue weighted by Gasteiger charge is -2.48. The van der Waals surface area contributed by atoms with Gasteiger partial charge in [0.15, 0.2) is 0 Å². The average Bonchev–Trinajstić information content (AvgIpc) is 3.44. The van der Waals surface area contributed by atoms with Crippen LogP contribution in [-0.4, -0.2) is 64.5 Å². The Labute approximate surface area is 298 Å². The van der Waals surface area contributed by atoms with E-state index in [-0.39, 0.29) is 34.9 Å². The smallest absolute Gasteiger partial charge is 0.286 e. The number of benzene rings is 2. The summed E-state index contributed by atoms with van der Waals surface area (Å²) in [6, 6.07) is 11.4. The fourth-order valence-electron chi connectivity index (χ4n) is 7.86. The quantitative estimate of drug-likeness (QED) is 0.319. The molecule has 50 heavy (non-hydrogen) atoms. The Morgan fingerprint density at radius 2 is 1.96 bits per heavy atom. The van der Waals surface area contributed by atoms with E-state index in [9.17, 15) is 9.59 Å². The number of nitrogens with one attached hydrogen (secondary N) is 1. The standard InChI is InChI=1S/C37H44ClN5O6S/c1-22-28-13-14-30(28)34(47-3)29-12-9-26(29)20-43-19-25-8-11-27(38)17-23(25)7-5-6-16-49-33-15-10-24(18-32(33)43)35(44)40-50(22,46)41-36(45)31-21-42(2)39-37(31)48-4/h8,10-11,14-15,17-18,21-22,26,28-29,34H,5-7,9,12-13,16,19-20H2,1-4H3,(H,40,41,44,45,46)/t22-,26+,28-,29-,34-,50?/m1/s1. The van der Waals surface area contributed by atoms with Crippen molar-refractivity contribution in [1.29, 1.82) is 0 Å². The molecule has 1 aromatic heterocycles. The summed E-state index contributed by atoms with van der Waals surface area (Å²) in [6.45, 7) is 3.66. The number of hydrogen-bond donors (Lipinski definition) is 1. The van der Waals surface area contributed by atoms with Crippen LogP contribution in [0, 0.1) is 17.8 Å². The molecule has 1 N–H and O–H groups in total. The highest BCUT2D eigenvalue weighted by Crippen LogP contribution is 2.48. The minimum atomic E-state index is -3.69. The van der Waals surface area contributed by atoms with E-state index in [1.165, 1.54) is 29.1 Å². The molecule has 2 bridgehead atoms. The molecular formula is C37H44ClN5O6S. The predicted molar refractivity (Wildman–Crippen MR) is 192 cm³/mol. The van der Waals surface area contributed by atoms with Crippen molar-refractivity contribution in [1.82, 2.24) is 14.5 Å². The van der Waals surface area contributed by atoms with Gasteiger partial charge in [-0.2, -0.15) is 0 Å². The maximum absolute atomic E-state index is 15.1. The minimum absolute atomic E-state index is 0.0840. The first kappa shape index (κ1) is 34.6. The van der Waals surface area contributed by atoms with Crippen molar-refractivity contribution in [2.24, 2.45) is 29.2 Å². The lowest BCUT2D eigenvalue weighted by Crippen LogP contribution is -2.49. The average molecular weight is 722 g/mol. The van der Waals surface area contributed by atoms with Crippen LogP contribution < -0.4 is 19.1 Å². The number of halogens is 1. The molecule has 11 nitrogen and oxygen atoms in total. The van der Waals surface area contributed by atoms with E-state index in [0.717, 1.165) is 49.9 Å². The van der Waals surface area contributed by atoms with Gasteiger partial charge in [0.05, 0.1) is 30.8 Å². The number of carbonyl (C=O) groups excluding carboxylic acids is 2. The molecular weight excluding hydrogens is 678 g/mol. The van der Waals surface area contributed by atoms with Crippen molar-refractivity contribution in [3.05, 3.63) is 81.5 Å².